The standard InChI is InChI=1S/C25H18ClN3O7S/c1-3-34-24(31)21-13(2)27-25-28(23(30)20(37-25)12-15-5-4-10-35-15)22(21)19-9-8-18(36-19)16-11-14(29(32)33)6-7-17(16)26/h4-12,22H,3H2,1-2H3/b20-12-/t22-/m0/s1. The SMILES string of the molecule is CCOC(=O)C1=C(C)N=c2s/c(=C\c3ccco3)c(=O)n2[C@H]1c1ccc(-c2cc([N+](=O)[O-])ccc2Cl)o1. The maximum absolute atomic E-state index is 13.5. The topological polar surface area (TPSA) is 130 Å². The van der Waals surface area contributed by atoms with Crippen LogP contribution in [0.3, 0.4) is 0 Å². The number of hydrogen-bond donors (Lipinski definition) is 0. The number of hydrogen-bond acceptors (Lipinski definition) is 9. The fourth-order valence-corrected chi connectivity index (χ4v) is 5.26. The van der Waals surface area contributed by atoms with Crippen molar-refractivity contribution in [1.29, 1.82) is 0 Å². The zero-order chi connectivity index (χ0) is 26.3. The lowest BCUT2D eigenvalue weighted by Gasteiger charge is -2.22. The highest BCUT2D eigenvalue weighted by atomic mass is 35.5. The van der Waals surface area contributed by atoms with Crippen molar-refractivity contribution in [2.45, 2.75) is 19.9 Å². The molecule has 0 bridgehead atoms. The molecule has 1 atom stereocenters. The molecule has 4 heterocycles. The van der Waals surface area contributed by atoms with E-state index in [0.717, 1.165) is 11.3 Å². The number of benzene rings is 1. The molecular weight excluding hydrogens is 522 g/mol. The Morgan fingerprint density at radius 2 is 2.14 bits per heavy atom. The number of fused-ring (bicyclic) bond motifs is 1. The summed E-state index contributed by atoms with van der Waals surface area (Å²) in [6.45, 7) is 3.46. The molecular formula is C25H18ClN3O7S. The molecule has 1 aliphatic rings. The van der Waals surface area contributed by atoms with E-state index in [9.17, 15) is 19.7 Å². The number of halogens is 1. The first-order valence-electron chi connectivity index (χ1n) is 11.1. The average Bonchev–Trinajstić information content (AvgIpc) is 3.60. The molecule has 0 saturated carbocycles. The number of aromatic nitrogens is 1. The number of nitro groups is 1. The maximum atomic E-state index is 13.5. The van der Waals surface area contributed by atoms with Crippen LogP contribution in [0.5, 0.6) is 0 Å². The lowest BCUT2D eigenvalue weighted by Crippen LogP contribution is -2.39. The number of rotatable bonds is 6. The second-order valence-corrected chi connectivity index (χ2v) is 9.36. The van der Waals surface area contributed by atoms with Crippen LogP contribution in [0.2, 0.25) is 5.02 Å². The smallest absolute Gasteiger partial charge is 0.338 e. The number of carbonyl (C=O) groups excluding carboxylic acids is 1. The Balaban J connectivity index is 1.70. The van der Waals surface area contributed by atoms with Gasteiger partial charge in [-0.1, -0.05) is 22.9 Å². The van der Waals surface area contributed by atoms with Crippen LogP contribution in [-0.4, -0.2) is 22.1 Å². The molecule has 0 saturated heterocycles. The molecule has 0 spiro atoms. The average molecular weight is 540 g/mol. The van der Waals surface area contributed by atoms with Crippen molar-refractivity contribution in [2.75, 3.05) is 6.61 Å². The maximum Gasteiger partial charge on any atom is 0.338 e. The molecule has 12 heteroatoms. The summed E-state index contributed by atoms with van der Waals surface area (Å²) in [5, 5.41) is 11.5. The van der Waals surface area contributed by atoms with Crippen LogP contribution in [-0.2, 0) is 9.53 Å². The third kappa shape index (κ3) is 4.43. The molecule has 0 amide bonds. The Morgan fingerprint density at radius 1 is 1.32 bits per heavy atom. The first kappa shape index (κ1) is 24.5. The highest BCUT2D eigenvalue weighted by Crippen LogP contribution is 2.37. The lowest BCUT2D eigenvalue weighted by molar-refractivity contribution is -0.384. The van der Waals surface area contributed by atoms with Gasteiger partial charge in [0, 0.05) is 23.8 Å². The van der Waals surface area contributed by atoms with Crippen molar-refractivity contribution in [2.24, 2.45) is 4.99 Å². The second-order valence-electron chi connectivity index (χ2n) is 7.94. The first-order valence-corrected chi connectivity index (χ1v) is 12.2. The molecule has 10 nitrogen and oxygen atoms in total. The van der Waals surface area contributed by atoms with Crippen molar-refractivity contribution in [3.63, 3.8) is 0 Å². The molecule has 5 rings (SSSR count). The van der Waals surface area contributed by atoms with Crippen LogP contribution in [0.1, 0.15) is 31.4 Å². The van der Waals surface area contributed by atoms with Crippen LogP contribution < -0.4 is 14.9 Å². The highest BCUT2D eigenvalue weighted by Gasteiger charge is 2.35. The minimum atomic E-state index is -0.986. The molecule has 0 N–H and O–H groups in total. The summed E-state index contributed by atoms with van der Waals surface area (Å²) in [5.74, 6) is 0.323. The van der Waals surface area contributed by atoms with Gasteiger partial charge in [0.25, 0.3) is 11.2 Å². The summed E-state index contributed by atoms with van der Waals surface area (Å²) in [6.07, 6.45) is 3.10. The van der Waals surface area contributed by atoms with Gasteiger partial charge in [0.2, 0.25) is 0 Å². The van der Waals surface area contributed by atoms with Gasteiger partial charge in [-0.25, -0.2) is 9.79 Å². The molecule has 0 fully saturated rings. The number of nitro benzene ring substituents is 1. The number of non-ortho nitro benzene ring substituents is 1. The molecule has 1 aliphatic heterocycles. The predicted octanol–water partition coefficient (Wildman–Crippen LogP) is 4.21. The quantitative estimate of drug-likeness (QED) is 0.204. The van der Waals surface area contributed by atoms with Gasteiger partial charge in [-0.15, -0.1) is 0 Å². The molecule has 3 aromatic heterocycles. The van der Waals surface area contributed by atoms with Crippen molar-refractivity contribution >= 4 is 40.7 Å². The van der Waals surface area contributed by atoms with E-state index in [1.165, 1.54) is 29.0 Å². The van der Waals surface area contributed by atoms with E-state index in [4.69, 9.17) is 25.2 Å². The Hall–Kier alpha value is -4.22. The van der Waals surface area contributed by atoms with Gasteiger partial charge in [0.05, 0.1) is 38.6 Å². The summed E-state index contributed by atoms with van der Waals surface area (Å²) in [7, 11) is 0. The summed E-state index contributed by atoms with van der Waals surface area (Å²) in [4.78, 5) is 42.1. The van der Waals surface area contributed by atoms with E-state index >= 15 is 0 Å². The number of carbonyl (C=O) groups is 1. The Kier molecular flexibility index (Phi) is 6.40. The van der Waals surface area contributed by atoms with Gasteiger partial charge < -0.3 is 13.6 Å². The van der Waals surface area contributed by atoms with Crippen molar-refractivity contribution in [3.8, 4) is 11.3 Å². The van der Waals surface area contributed by atoms with Gasteiger partial charge >= 0.3 is 5.97 Å². The van der Waals surface area contributed by atoms with Crippen LogP contribution in [0.4, 0.5) is 5.69 Å². The summed E-state index contributed by atoms with van der Waals surface area (Å²) in [5.41, 5.74) is 0.258. The third-order valence-corrected chi connectivity index (χ3v) is 6.97. The number of esters is 1. The monoisotopic (exact) mass is 539 g/mol. The molecule has 0 radical (unpaired) electrons. The Labute approximate surface area is 217 Å². The highest BCUT2D eigenvalue weighted by molar-refractivity contribution is 7.07. The van der Waals surface area contributed by atoms with Gasteiger partial charge in [-0.3, -0.25) is 19.5 Å². The van der Waals surface area contributed by atoms with E-state index in [0.29, 0.717) is 26.4 Å². The Bertz CT molecular complexity index is 1740. The van der Waals surface area contributed by atoms with E-state index in [1.807, 2.05) is 0 Å². The molecule has 37 heavy (non-hydrogen) atoms. The van der Waals surface area contributed by atoms with Crippen molar-refractivity contribution in [3.05, 3.63) is 106 Å². The van der Waals surface area contributed by atoms with Crippen LogP contribution in [0, 0.1) is 10.1 Å². The van der Waals surface area contributed by atoms with Crippen molar-refractivity contribution < 1.29 is 23.3 Å². The summed E-state index contributed by atoms with van der Waals surface area (Å²) >= 11 is 7.45. The molecule has 0 unspecified atom stereocenters. The van der Waals surface area contributed by atoms with E-state index in [2.05, 4.69) is 4.99 Å². The Morgan fingerprint density at radius 3 is 2.84 bits per heavy atom. The largest absolute Gasteiger partial charge is 0.465 e. The minimum absolute atomic E-state index is 0.123. The molecule has 188 valence electrons. The summed E-state index contributed by atoms with van der Waals surface area (Å²) < 4.78 is 18.4. The van der Waals surface area contributed by atoms with E-state index < -0.39 is 22.5 Å². The van der Waals surface area contributed by atoms with Gasteiger partial charge in [-0.2, -0.15) is 0 Å². The van der Waals surface area contributed by atoms with Gasteiger partial charge in [0.1, 0.15) is 23.3 Å². The van der Waals surface area contributed by atoms with Gasteiger partial charge in [-0.05, 0) is 44.2 Å². The van der Waals surface area contributed by atoms with E-state index in [1.54, 1.807) is 44.2 Å². The second kappa shape index (κ2) is 9.68. The first-order chi connectivity index (χ1) is 17.8. The lowest BCUT2D eigenvalue weighted by atomic mass is 10.0. The molecule has 4 aromatic rings. The molecule has 1 aromatic carbocycles. The fraction of sp³-hybridized carbons (Fsp3) is 0.160. The number of thiazole rings is 1. The number of furan rings is 2. The zero-order valence-electron chi connectivity index (χ0n) is 19.5. The van der Waals surface area contributed by atoms with E-state index in [-0.39, 0.29) is 34.4 Å². The zero-order valence-corrected chi connectivity index (χ0v) is 21.0. The number of nitrogens with zero attached hydrogens (tertiary/aromatic N) is 3. The number of allylic oxidation sites excluding steroid dienone is 1. The normalized spacial score (nSPS) is 15.4. The van der Waals surface area contributed by atoms with Crippen LogP contribution in [0.15, 0.2) is 78.6 Å². The fourth-order valence-electron chi connectivity index (χ4n) is 4.02. The molecule has 0 aliphatic carbocycles. The van der Waals surface area contributed by atoms with Crippen molar-refractivity contribution in [1.82, 2.24) is 4.57 Å². The predicted molar refractivity (Wildman–Crippen MR) is 135 cm³/mol. The summed E-state index contributed by atoms with van der Waals surface area (Å²) in [6, 6.07) is 9.60. The van der Waals surface area contributed by atoms with Crippen LogP contribution >= 0.6 is 22.9 Å². The minimum Gasteiger partial charge on any atom is -0.465 e. The van der Waals surface area contributed by atoms with Crippen LogP contribution in [0.25, 0.3) is 17.4 Å². The van der Waals surface area contributed by atoms with Gasteiger partial charge in [0.15, 0.2) is 4.80 Å². The number of ether oxygens (including phenoxy) is 1. The third-order valence-electron chi connectivity index (χ3n) is 5.66.